The molecule has 0 bridgehead atoms. The summed E-state index contributed by atoms with van der Waals surface area (Å²) >= 11 is 20.5. The van der Waals surface area contributed by atoms with Gasteiger partial charge in [0.05, 0.1) is 13.2 Å². The van der Waals surface area contributed by atoms with E-state index in [-0.39, 0.29) is 36.1 Å². The summed E-state index contributed by atoms with van der Waals surface area (Å²) in [6.07, 6.45) is 0.357. The number of halogens is 7. The highest BCUT2D eigenvalue weighted by Crippen LogP contribution is 2.52. The highest BCUT2D eigenvalue weighted by Gasteiger charge is 2.44. The fraction of sp³-hybridized carbons (Fsp3) is 0.632. The van der Waals surface area contributed by atoms with Crippen molar-refractivity contribution in [3.8, 4) is 17.2 Å². The largest absolute Gasteiger partial charge is 0.508 e. The topological polar surface area (TPSA) is 144 Å². The van der Waals surface area contributed by atoms with E-state index in [0.29, 0.717) is 72.4 Å². The zero-order chi connectivity index (χ0) is 56.4. The van der Waals surface area contributed by atoms with Crippen LogP contribution in [0.25, 0.3) is 0 Å². The van der Waals surface area contributed by atoms with Crippen LogP contribution in [0.15, 0.2) is 54.6 Å². The summed E-state index contributed by atoms with van der Waals surface area (Å²) in [4.78, 5) is 34.2. The zero-order valence-corrected chi connectivity index (χ0v) is 50.3. The van der Waals surface area contributed by atoms with Crippen LogP contribution in [0, 0.1) is 35.5 Å². The summed E-state index contributed by atoms with van der Waals surface area (Å²) in [7, 11) is 0. The number of carbonyl (C=O) groups is 3. The van der Waals surface area contributed by atoms with Crippen molar-refractivity contribution in [1.82, 2.24) is 16.0 Å². The monoisotopic (exact) mass is 1230 g/mol. The normalized spacial score (nSPS) is 19.5. The molecule has 18 heteroatoms. The molecule has 0 aromatic heterocycles. The minimum absolute atomic E-state index is 0.000950. The van der Waals surface area contributed by atoms with E-state index in [9.17, 15) is 32.7 Å². The van der Waals surface area contributed by atoms with Gasteiger partial charge in [0.15, 0.2) is 0 Å². The smallest absolute Gasteiger partial charge is 0.471 e. The van der Waals surface area contributed by atoms with Gasteiger partial charge in [0, 0.05) is 34.7 Å². The number of nitrogens with one attached hydrogen (secondary N) is 3. The van der Waals surface area contributed by atoms with Gasteiger partial charge in [-0.2, -0.15) is 13.2 Å². The minimum atomic E-state index is -4.84. The lowest BCUT2D eigenvalue weighted by molar-refractivity contribution is -0.173. The summed E-state index contributed by atoms with van der Waals surface area (Å²) in [5.74, 6) is 3.41. The number of aromatic hydroxyl groups is 1. The molecule has 6 rings (SSSR count). The third-order valence-electron chi connectivity index (χ3n) is 12.1. The number of alkyl halides is 4. The number of ether oxygens (including phenoxy) is 4. The zero-order valence-electron chi connectivity index (χ0n) is 45.8. The molecule has 0 aliphatic heterocycles. The van der Waals surface area contributed by atoms with Crippen molar-refractivity contribution >= 4 is 75.5 Å². The first-order valence-electron chi connectivity index (χ1n) is 26.0. The van der Waals surface area contributed by atoms with Gasteiger partial charge in [-0.25, -0.2) is 9.59 Å². The van der Waals surface area contributed by atoms with Gasteiger partial charge in [-0.1, -0.05) is 98.9 Å². The lowest BCUT2D eigenvalue weighted by Gasteiger charge is -2.19. The van der Waals surface area contributed by atoms with Crippen LogP contribution in [0.2, 0.25) is 15.1 Å². The van der Waals surface area contributed by atoms with E-state index >= 15 is 0 Å². The molecule has 11 nitrogen and oxygen atoms in total. The number of amides is 3. The van der Waals surface area contributed by atoms with Crippen LogP contribution in [-0.4, -0.2) is 77.9 Å². The molecular weight excluding hydrogens is 1140 g/mol. The number of hydrogen-bond donors (Lipinski definition) is 4. The van der Waals surface area contributed by atoms with E-state index in [4.69, 9.17) is 53.8 Å². The fourth-order valence-electron chi connectivity index (χ4n) is 7.67. The number of phenols is 1. The highest BCUT2D eigenvalue weighted by molar-refractivity contribution is 14.1. The molecule has 6 atom stereocenters. The summed E-state index contributed by atoms with van der Waals surface area (Å²) in [5, 5.41) is 19.3. The Morgan fingerprint density at radius 3 is 1.27 bits per heavy atom. The number of benzene rings is 3. The fourth-order valence-corrected chi connectivity index (χ4v) is 9.46. The average molecular weight is 1230 g/mol. The number of rotatable bonds is 19. The Bertz CT molecular complexity index is 2270. The third kappa shape index (κ3) is 26.6. The van der Waals surface area contributed by atoms with Crippen LogP contribution < -0.4 is 25.4 Å². The van der Waals surface area contributed by atoms with E-state index in [1.54, 1.807) is 36.4 Å². The van der Waals surface area contributed by atoms with E-state index in [0.717, 1.165) is 64.8 Å². The molecule has 0 spiro atoms. The Labute approximate surface area is 473 Å². The molecule has 3 saturated carbocycles. The second kappa shape index (κ2) is 30.6. The van der Waals surface area contributed by atoms with Gasteiger partial charge in [-0.3, -0.25) is 4.79 Å². The second-order valence-electron chi connectivity index (χ2n) is 22.8. The molecule has 3 aromatic rings. The summed E-state index contributed by atoms with van der Waals surface area (Å²) < 4.78 is 60.2. The van der Waals surface area contributed by atoms with Crippen LogP contribution in [0.1, 0.15) is 156 Å². The molecule has 422 valence electrons. The van der Waals surface area contributed by atoms with Crippen molar-refractivity contribution in [1.29, 1.82) is 0 Å². The molecule has 3 aliphatic carbocycles. The number of phenolic OH excluding ortho intramolecular Hbond substituents is 1. The molecule has 75 heavy (non-hydrogen) atoms. The lowest BCUT2D eigenvalue weighted by Crippen LogP contribution is -2.37. The van der Waals surface area contributed by atoms with Crippen LogP contribution in [0.5, 0.6) is 17.2 Å². The maximum Gasteiger partial charge on any atom is 0.471 e. The first-order valence-corrected chi connectivity index (χ1v) is 28.7. The van der Waals surface area contributed by atoms with Crippen LogP contribution in [-0.2, 0) is 14.3 Å². The standard InChI is InChI=1S/C20H30ClNO3.C17H21ClF3NO2.C15H20ClNO3.C5H11I/c1-13(2)8-9-24-18-7-6-15(21)11-17(18)16-10-14(16)12-22-19(23)25-20(3,4)5;1-10(2)5-6-24-15-4-3-12(18)8-14(15)13-7-11(13)9-22-16(23)17(19,20)21;1-15(2,3)20-14(19)17-8-9-6-11(9)12-7-10(16)4-5-13(12)18;1-5(2)3-4-6/h6-7,11,13-14,16H,8-10,12H2,1-5H3,(H,22,23);3-4,8,10-11,13H,5-7,9H2,1-2H3,(H,22,23);4-5,7,9,11,18H,6,8H2,1-3H3,(H,17,19);5H,3-4H2,1-2H3. The molecule has 3 fully saturated rings. The van der Waals surface area contributed by atoms with E-state index in [1.165, 1.54) is 10.8 Å². The molecule has 0 radical (unpaired) electrons. The molecule has 0 saturated heterocycles. The number of carbonyl (C=O) groups excluding carboxylic acids is 3. The Balaban J connectivity index is 0.000000282. The predicted octanol–water partition coefficient (Wildman–Crippen LogP) is 16.1. The Hall–Kier alpha value is -3.54. The van der Waals surface area contributed by atoms with E-state index in [1.807, 2.05) is 65.1 Å². The van der Waals surface area contributed by atoms with Gasteiger partial charge in [-0.05, 0) is 209 Å². The SMILES string of the molecule is CC(C)(C)OC(=O)NCC1CC1c1cc(Cl)ccc1O.CC(C)CCI.CC(C)CCOc1ccc(Cl)cc1C1CC1CNC(=O)C(F)(F)F.CC(C)CCOc1ccc(Cl)cc1C1CC1CNC(=O)OC(C)(C)C. The van der Waals surface area contributed by atoms with Gasteiger partial charge in [0.25, 0.3) is 0 Å². The summed E-state index contributed by atoms with van der Waals surface area (Å²) in [5.41, 5.74) is 1.94. The first-order chi connectivity index (χ1) is 34.9. The quantitative estimate of drug-likeness (QED) is 0.0686. The van der Waals surface area contributed by atoms with Crippen molar-refractivity contribution in [2.75, 3.05) is 37.3 Å². The van der Waals surface area contributed by atoms with Gasteiger partial charge in [0.2, 0.25) is 0 Å². The Morgan fingerprint density at radius 1 is 0.587 bits per heavy atom. The van der Waals surface area contributed by atoms with Gasteiger partial charge in [-0.15, -0.1) is 0 Å². The second-order valence-corrected chi connectivity index (χ2v) is 25.2. The van der Waals surface area contributed by atoms with E-state index < -0.39 is 29.4 Å². The molecule has 4 N–H and O–H groups in total. The molecule has 0 heterocycles. The summed E-state index contributed by atoms with van der Waals surface area (Å²) in [6, 6.07) is 16.2. The van der Waals surface area contributed by atoms with Gasteiger partial charge >= 0.3 is 24.3 Å². The van der Waals surface area contributed by atoms with Crippen LogP contribution in [0.3, 0.4) is 0 Å². The first kappa shape index (κ1) is 65.7. The summed E-state index contributed by atoms with van der Waals surface area (Å²) in [6.45, 7) is 26.6. The van der Waals surface area contributed by atoms with Crippen LogP contribution in [0.4, 0.5) is 22.8 Å². The van der Waals surface area contributed by atoms with Crippen molar-refractivity contribution in [3.05, 3.63) is 86.4 Å². The number of hydrogen-bond acceptors (Lipinski definition) is 8. The molecule has 3 amide bonds. The van der Waals surface area contributed by atoms with Crippen LogP contribution >= 0.6 is 57.4 Å². The Kier molecular flexibility index (Phi) is 26.8. The maximum absolute atomic E-state index is 12.2. The molecular formula is C57H82Cl3F3IN3O8. The molecule has 3 aromatic carbocycles. The maximum atomic E-state index is 12.2. The average Bonchev–Trinajstić information content (AvgIpc) is 4.19. The highest BCUT2D eigenvalue weighted by atomic mass is 127. The van der Waals surface area contributed by atoms with Crippen molar-refractivity contribution in [2.45, 2.75) is 157 Å². The van der Waals surface area contributed by atoms with Gasteiger partial charge in [0.1, 0.15) is 28.5 Å². The lowest BCUT2D eigenvalue weighted by atomic mass is 10.1. The predicted molar refractivity (Wildman–Crippen MR) is 304 cm³/mol. The Morgan fingerprint density at radius 2 is 0.933 bits per heavy atom. The van der Waals surface area contributed by atoms with Crippen molar-refractivity contribution in [3.63, 3.8) is 0 Å². The third-order valence-corrected chi connectivity index (χ3v) is 13.4. The van der Waals surface area contributed by atoms with E-state index in [2.05, 4.69) is 74.8 Å². The van der Waals surface area contributed by atoms with Gasteiger partial charge < -0.3 is 40.0 Å². The molecule has 6 unspecified atom stereocenters. The van der Waals surface area contributed by atoms with Crippen molar-refractivity contribution in [2.24, 2.45) is 35.5 Å². The number of alkyl carbamates (subject to hydrolysis) is 2. The molecule has 3 aliphatic rings. The minimum Gasteiger partial charge on any atom is -0.508 e. The van der Waals surface area contributed by atoms with Crippen molar-refractivity contribution < 1.29 is 51.6 Å².